The van der Waals surface area contributed by atoms with Gasteiger partial charge in [-0.15, -0.1) is 0 Å². The minimum absolute atomic E-state index is 0.463. The summed E-state index contributed by atoms with van der Waals surface area (Å²) < 4.78 is 0. The molecule has 0 amide bonds. The first-order valence-corrected chi connectivity index (χ1v) is 9.88. The van der Waals surface area contributed by atoms with Crippen LogP contribution in [0.1, 0.15) is 18.4 Å². The molecule has 5 heteroatoms. The zero-order valence-corrected chi connectivity index (χ0v) is 16.0. The summed E-state index contributed by atoms with van der Waals surface area (Å²) in [5.74, 6) is 1.01. The van der Waals surface area contributed by atoms with Gasteiger partial charge < -0.3 is 21.3 Å². The summed E-state index contributed by atoms with van der Waals surface area (Å²) in [5, 5.41) is 7.30. The van der Waals surface area contributed by atoms with Gasteiger partial charge >= 0.3 is 0 Å². The predicted molar refractivity (Wildman–Crippen MR) is 118 cm³/mol. The molecule has 0 unspecified atom stereocenters. The Balaban J connectivity index is 1.34. The van der Waals surface area contributed by atoms with Crippen molar-refractivity contribution in [2.24, 2.45) is 0 Å². The van der Waals surface area contributed by atoms with Gasteiger partial charge in [0, 0.05) is 25.7 Å². The normalized spacial score (nSPS) is 14.6. The monoisotopic (exact) mass is 373 g/mol. The first-order chi connectivity index (χ1) is 13.8. The van der Waals surface area contributed by atoms with Gasteiger partial charge in [-0.05, 0) is 42.7 Å². The van der Waals surface area contributed by atoms with Crippen molar-refractivity contribution in [1.82, 2.24) is 4.98 Å². The molecule has 0 spiro atoms. The number of pyridine rings is 1. The Morgan fingerprint density at radius 3 is 2.32 bits per heavy atom. The van der Waals surface area contributed by atoms with Crippen molar-refractivity contribution < 1.29 is 0 Å². The fraction of sp³-hybridized carbons (Fsp3) is 0.261. The first kappa shape index (κ1) is 18.2. The summed E-state index contributed by atoms with van der Waals surface area (Å²) in [7, 11) is 0. The minimum Gasteiger partial charge on any atom is -0.397 e. The third kappa shape index (κ3) is 4.55. The number of nitrogens with one attached hydrogen (secondary N) is 2. The van der Waals surface area contributed by atoms with E-state index in [0.29, 0.717) is 11.7 Å². The van der Waals surface area contributed by atoms with Gasteiger partial charge in [-0.25, -0.2) is 4.98 Å². The Morgan fingerprint density at radius 1 is 0.893 bits per heavy atom. The fourth-order valence-corrected chi connectivity index (χ4v) is 3.61. The van der Waals surface area contributed by atoms with Gasteiger partial charge in [0.1, 0.15) is 5.82 Å². The van der Waals surface area contributed by atoms with Crippen molar-refractivity contribution >= 4 is 22.9 Å². The molecule has 3 aromatic rings. The second-order valence-corrected chi connectivity index (χ2v) is 7.24. The largest absolute Gasteiger partial charge is 0.397 e. The van der Waals surface area contributed by atoms with Crippen LogP contribution in [0, 0.1) is 0 Å². The van der Waals surface area contributed by atoms with Gasteiger partial charge in [-0.1, -0.05) is 42.5 Å². The van der Waals surface area contributed by atoms with E-state index in [9.17, 15) is 0 Å². The van der Waals surface area contributed by atoms with Gasteiger partial charge in [-0.2, -0.15) is 0 Å². The van der Waals surface area contributed by atoms with E-state index in [0.717, 1.165) is 44.0 Å². The predicted octanol–water partition coefficient (Wildman–Crippen LogP) is 4.36. The Bertz CT molecular complexity index is 871. The van der Waals surface area contributed by atoms with Crippen LogP contribution in [0.15, 0.2) is 72.9 Å². The second kappa shape index (κ2) is 8.65. The highest BCUT2D eigenvalue weighted by molar-refractivity contribution is 5.69. The molecule has 1 aliphatic heterocycles. The molecule has 2 aromatic carbocycles. The summed E-state index contributed by atoms with van der Waals surface area (Å²) in [5.41, 5.74) is 10.0. The van der Waals surface area contributed by atoms with Gasteiger partial charge in [0.05, 0.1) is 23.3 Å². The molecule has 0 bridgehead atoms. The number of hydrogen-bond acceptors (Lipinski definition) is 5. The summed E-state index contributed by atoms with van der Waals surface area (Å²) in [6.07, 6.45) is 3.90. The van der Waals surface area contributed by atoms with E-state index in [1.54, 1.807) is 6.20 Å². The smallest absolute Gasteiger partial charge is 0.128 e. The Kier molecular flexibility index (Phi) is 5.61. The summed E-state index contributed by atoms with van der Waals surface area (Å²) >= 11 is 0. The highest BCUT2D eigenvalue weighted by Gasteiger charge is 2.20. The average molecular weight is 374 g/mol. The highest BCUT2D eigenvalue weighted by Crippen LogP contribution is 2.26. The minimum atomic E-state index is 0.463. The molecular formula is C23H27N5. The molecule has 0 aliphatic carbocycles. The van der Waals surface area contributed by atoms with Gasteiger partial charge in [0.15, 0.2) is 0 Å². The van der Waals surface area contributed by atoms with Crippen LogP contribution in [0.2, 0.25) is 0 Å². The number of rotatable bonds is 6. The lowest BCUT2D eigenvalue weighted by atomic mass is 10.0. The highest BCUT2D eigenvalue weighted by atomic mass is 15.2. The molecule has 1 saturated heterocycles. The fourth-order valence-electron chi connectivity index (χ4n) is 3.61. The average Bonchev–Trinajstić information content (AvgIpc) is 2.75. The maximum atomic E-state index is 5.74. The van der Waals surface area contributed by atoms with Crippen LogP contribution in [0.3, 0.4) is 0 Å². The molecule has 1 aliphatic rings. The first-order valence-electron chi connectivity index (χ1n) is 9.88. The number of para-hydroxylation sites is 2. The zero-order valence-electron chi connectivity index (χ0n) is 16.0. The van der Waals surface area contributed by atoms with Gasteiger partial charge in [0.2, 0.25) is 0 Å². The van der Waals surface area contributed by atoms with Crippen molar-refractivity contribution in [3.63, 3.8) is 0 Å². The van der Waals surface area contributed by atoms with Crippen LogP contribution in [-0.2, 0) is 6.54 Å². The SMILES string of the molecule is Nc1ccc(N2CCC(Nc3ccccc3NCc3ccccc3)CC2)nc1. The number of anilines is 4. The summed E-state index contributed by atoms with van der Waals surface area (Å²) in [6.45, 7) is 2.81. The summed E-state index contributed by atoms with van der Waals surface area (Å²) in [4.78, 5) is 6.78. The number of nitrogen functional groups attached to an aromatic ring is 1. The van der Waals surface area contributed by atoms with Crippen molar-refractivity contribution in [3.8, 4) is 0 Å². The molecule has 1 fully saturated rings. The molecule has 0 radical (unpaired) electrons. The number of nitrogens with zero attached hydrogens (tertiary/aromatic N) is 2. The topological polar surface area (TPSA) is 66.2 Å². The van der Waals surface area contributed by atoms with E-state index in [1.165, 1.54) is 11.3 Å². The van der Waals surface area contributed by atoms with Crippen LogP contribution in [0.5, 0.6) is 0 Å². The number of hydrogen-bond donors (Lipinski definition) is 3. The van der Waals surface area contributed by atoms with Crippen molar-refractivity contribution in [1.29, 1.82) is 0 Å². The van der Waals surface area contributed by atoms with E-state index >= 15 is 0 Å². The molecule has 4 rings (SSSR count). The number of piperidine rings is 1. The third-order valence-corrected chi connectivity index (χ3v) is 5.20. The number of aromatic nitrogens is 1. The molecule has 2 heterocycles. The van der Waals surface area contributed by atoms with Crippen LogP contribution < -0.4 is 21.3 Å². The Labute approximate surface area is 166 Å². The lowest BCUT2D eigenvalue weighted by Crippen LogP contribution is -2.39. The maximum Gasteiger partial charge on any atom is 0.128 e. The molecule has 4 N–H and O–H groups in total. The zero-order chi connectivity index (χ0) is 19.2. The van der Waals surface area contributed by atoms with Crippen LogP contribution in [0.25, 0.3) is 0 Å². The van der Waals surface area contributed by atoms with Crippen LogP contribution in [0.4, 0.5) is 22.9 Å². The van der Waals surface area contributed by atoms with E-state index in [4.69, 9.17) is 5.73 Å². The molecule has 5 nitrogen and oxygen atoms in total. The van der Waals surface area contributed by atoms with Gasteiger partial charge in [0.25, 0.3) is 0 Å². The van der Waals surface area contributed by atoms with Gasteiger partial charge in [-0.3, -0.25) is 0 Å². The molecular weight excluding hydrogens is 346 g/mol. The quantitative estimate of drug-likeness (QED) is 0.599. The van der Waals surface area contributed by atoms with E-state index in [2.05, 4.69) is 69.0 Å². The Morgan fingerprint density at radius 2 is 1.61 bits per heavy atom. The maximum absolute atomic E-state index is 5.74. The van der Waals surface area contributed by atoms with Crippen molar-refractivity contribution in [2.45, 2.75) is 25.4 Å². The standard InChI is InChI=1S/C23H27N5/c24-19-10-11-23(26-17-19)28-14-12-20(13-15-28)27-22-9-5-4-8-21(22)25-16-18-6-2-1-3-7-18/h1-11,17,20,25,27H,12-16,24H2. The molecule has 0 atom stereocenters. The van der Waals surface area contributed by atoms with E-state index in [-0.39, 0.29) is 0 Å². The van der Waals surface area contributed by atoms with E-state index < -0.39 is 0 Å². The van der Waals surface area contributed by atoms with Crippen LogP contribution >= 0.6 is 0 Å². The third-order valence-electron chi connectivity index (χ3n) is 5.20. The lowest BCUT2D eigenvalue weighted by Gasteiger charge is -2.34. The number of benzene rings is 2. The van der Waals surface area contributed by atoms with E-state index in [1.807, 2.05) is 18.2 Å². The Hall–Kier alpha value is -3.21. The molecule has 1 aromatic heterocycles. The van der Waals surface area contributed by atoms with Crippen LogP contribution in [-0.4, -0.2) is 24.1 Å². The number of nitrogens with two attached hydrogens (primary N) is 1. The molecule has 144 valence electrons. The lowest BCUT2D eigenvalue weighted by molar-refractivity contribution is 0.524. The molecule has 0 saturated carbocycles. The van der Waals surface area contributed by atoms with Crippen molar-refractivity contribution in [2.75, 3.05) is 34.4 Å². The summed E-state index contributed by atoms with van der Waals surface area (Å²) in [6, 6.07) is 23.3. The van der Waals surface area contributed by atoms with Crippen molar-refractivity contribution in [3.05, 3.63) is 78.5 Å². The second-order valence-electron chi connectivity index (χ2n) is 7.24. The molecule has 28 heavy (non-hydrogen) atoms.